The van der Waals surface area contributed by atoms with Crippen LogP contribution in [-0.4, -0.2) is 96.7 Å². The van der Waals surface area contributed by atoms with E-state index in [4.69, 9.17) is 5.73 Å². The van der Waals surface area contributed by atoms with E-state index >= 15 is 0 Å². The highest BCUT2D eigenvalue weighted by atomic mass is 19.1. The van der Waals surface area contributed by atoms with E-state index < -0.39 is 24.2 Å². The Morgan fingerprint density at radius 1 is 1.17 bits per heavy atom. The number of nitrogens with one attached hydrogen (secondary N) is 4. The van der Waals surface area contributed by atoms with Gasteiger partial charge in [0.05, 0.1) is 30.2 Å². The molecule has 0 aromatic heterocycles. The first-order chi connectivity index (χ1) is 13.9. The molecular formula is C18H32FN7O3. The molecule has 7 N–H and O–H groups in total. The fraction of sp³-hybridized carbons (Fsp3) is 0.889. The molecule has 4 heterocycles. The fourth-order valence-corrected chi connectivity index (χ4v) is 5.16. The van der Waals surface area contributed by atoms with Gasteiger partial charge >= 0.3 is 5.97 Å². The average Bonchev–Trinajstić information content (AvgIpc) is 3.03. The third-order valence-corrected chi connectivity index (χ3v) is 6.74. The van der Waals surface area contributed by atoms with Crippen LogP contribution in [0, 0.1) is 11.8 Å². The number of halogens is 1. The number of amides is 1. The van der Waals surface area contributed by atoms with Gasteiger partial charge in [-0.1, -0.05) is 0 Å². The smallest absolute Gasteiger partial charge is 0.306 e. The van der Waals surface area contributed by atoms with Crippen LogP contribution in [0.4, 0.5) is 4.39 Å². The second-order valence-electron chi connectivity index (χ2n) is 8.61. The van der Waals surface area contributed by atoms with Gasteiger partial charge in [-0.15, -0.1) is 0 Å². The van der Waals surface area contributed by atoms with Gasteiger partial charge in [-0.05, 0) is 38.9 Å². The van der Waals surface area contributed by atoms with Gasteiger partial charge in [-0.2, -0.15) is 0 Å². The minimum Gasteiger partial charge on any atom is -0.481 e. The lowest BCUT2D eigenvalue weighted by Crippen LogP contribution is -2.63. The van der Waals surface area contributed by atoms with E-state index in [1.165, 1.54) is 0 Å². The summed E-state index contributed by atoms with van der Waals surface area (Å²) in [6, 6.07) is 0.0996. The molecule has 11 heteroatoms. The molecule has 4 rings (SSSR count). The number of likely N-dealkylation sites (tertiary alicyclic amines) is 1. The molecule has 4 fully saturated rings. The van der Waals surface area contributed by atoms with Gasteiger partial charge in [0.2, 0.25) is 5.91 Å². The summed E-state index contributed by atoms with van der Waals surface area (Å²) in [6.45, 7) is 3.42. The Bertz CT molecular complexity index is 618. The molecule has 0 aliphatic carbocycles. The largest absolute Gasteiger partial charge is 0.481 e. The number of carboxylic acid groups (broad SMARTS) is 1. The van der Waals surface area contributed by atoms with E-state index in [0.29, 0.717) is 19.4 Å². The summed E-state index contributed by atoms with van der Waals surface area (Å²) in [7, 11) is 0. The predicted octanol–water partition coefficient (Wildman–Crippen LogP) is -2.38. The highest BCUT2D eigenvalue weighted by Crippen LogP contribution is 2.25. The monoisotopic (exact) mass is 413 g/mol. The number of carbonyl (C=O) groups excluding carboxylic acids is 1. The molecule has 0 radical (unpaired) electrons. The van der Waals surface area contributed by atoms with E-state index in [0.717, 1.165) is 26.1 Å². The van der Waals surface area contributed by atoms with Crippen molar-refractivity contribution in [3.63, 3.8) is 0 Å². The van der Waals surface area contributed by atoms with Crippen LogP contribution < -0.4 is 27.1 Å². The Balaban J connectivity index is 1.38. The molecule has 0 aromatic carbocycles. The number of hydrogen-bond acceptors (Lipinski definition) is 8. The van der Waals surface area contributed by atoms with E-state index in [1.807, 2.05) is 0 Å². The molecule has 0 saturated carbocycles. The number of carboxylic acids is 1. The minimum absolute atomic E-state index is 0.0728. The van der Waals surface area contributed by atoms with Crippen LogP contribution in [0.1, 0.15) is 19.3 Å². The zero-order chi connectivity index (χ0) is 20.5. The highest BCUT2D eigenvalue weighted by molar-refractivity contribution is 5.81. The highest BCUT2D eigenvalue weighted by Gasteiger charge is 2.48. The van der Waals surface area contributed by atoms with Crippen molar-refractivity contribution in [3.8, 4) is 0 Å². The third-order valence-electron chi connectivity index (χ3n) is 6.74. The van der Waals surface area contributed by atoms with Crippen LogP contribution in [0.5, 0.6) is 0 Å². The summed E-state index contributed by atoms with van der Waals surface area (Å²) < 4.78 is 13.6. The standard InChI is InChI=1S/C18H32FN7O3/c19-11-7-22-16-14(15(20)24-26(16)9-11)17(27)23-12-8-21-4-1-13(12)25-5-2-10(3-6-25)18(28)29/h10-16,21-22,24H,1-9,20H2,(H,23,27)(H,28,29). The van der Waals surface area contributed by atoms with Crippen molar-refractivity contribution in [1.29, 1.82) is 0 Å². The zero-order valence-electron chi connectivity index (χ0n) is 16.5. The summed E-state index contributed by atoms with van der Waals surface area (Å²) in [5.41, 5.74) is 9.16. The number of hydrogen-bond donors (Lipinski definition) is 6. The van der Waals surface area contributed by atoms with Crippen LogP contribution in [-0.2, 0) is 9.59 Å². The molecular weight excluding hydrogens is 381 g/mol. The van der Waals surface area contributed by atoms with Crippen LogP contribution in [0.15, 0.2) is 0 Å². The van der Waals surface area contributed by atoms with Gasteiger partial charge in [-0.3, -0.25) is 19.8 Å². The molecule has 4 aliphatic rings. The Morgan fingerprint density at radius 3 is 2.66 bits per heavy atom. The maximum absolute atomic E-state index is 13.6. The number of alkyl halides is 1. The summed E-state index contributed by atoms with van der Waals surface area (Å²) in [5.74, 6) is -1.64. The maximum Gasteiger partial charge on any atom is 0.306 e. The van der Waals surface area contributed by atoms with Crippen LogP contribution in [0.25, 0.3) is 0 Å². The van der Waals surface area contributed by atoms with E-state index in [9.17, 15) is 19.1 Å². The van der Waals surface area contributed by atoms with Crippen molar-refractivity contribution in [2.24, 2.45) is 17.6 Å². The summed E-state index contributed by atoms with van der Waals surface area (Å²) >= 11 is 0. The number of piperidine rings is 2. The molecule has 0 aromatic rings. The molecule has 164 valence electrons. The van der Waals surface area contributed by atoms with Gasteiger partial charge in [0, 0.05) is 25.7 Å². The maximum atomic E-state index is 13.6. The summed E-state index contributed by atoms with van der Waals surface area (Å²) in [6.07, 6.45) is 0.297. The number of nitrogens with two attached hydrogens (primary N) is 1. The van der Waals surface area contributed by atoms with Crippen molar-refractivity contribution >= 4 is 11.9 Å². The number of nitrogens with zero attached hydrogens (tertiary/aromatic N) is 2. The van der Waals surface area contributed by atoms with Crippen molar-refractivity contribution in [2.45, 2.75) is 49.8 Å². The Labute approximate surface area is 169 Å². The van der Waals surface area contributed by atoms with Gasteiger partial charge in [-0.25, -0.2) is 14.8 Å². The molecule has 1 amide bonds. The van der Waals surface area contributed by atoms with Gasteiger partial charge in [0.1, 0.15) is 6.17 Å². The van der Waals surface area contributed by atoms with Gasteiger partial charge in [0.15, 0.2) is 0 Å². The number of fused-ring (bicyclic) bond motifs is 1. The molecule has 29 heavy (non-hydrogen) atoms. The van der Waals surface area contributed by atoms with Crippen molar-refractivity contribution in [1.82, 2.24) is 31.3 Å². The molecule has 6 unspecified atom stereocenters. The number of hydrazine groups is 1. The summed E-state index contributed by atoms with van der Waals surface area (Å²) in [5, 5.41) is 20.5. The number of rotatable bonds is 4. The molecule has 0 bridgehead atoms. The third kappa shape index (κ3) is 4.39. The quantitative estimate of drug-likeness (QED) is 0.299. The normalized spacial score (nSPS) is 39.8. The molecule has 6 atom stereocenters. The van der Waals surface area contributed by atoms with E-state index in [-0.39, 0.29) is 43.2 Å². The second kappa shape index (κ2) is 8.78. The lowest BCUT2D eigenvalue weighted by atomic mass is 9.91. The van der Waals surface area contributed by atoms with Crippen molar-refractivity contribution < 1.29 is 19.1 Å². The first-order valence-electron chi connectivity index (χ1n) is 10.6. The Morgan fingerprint density at radius 2 is 1.93 bits per heavy atom. The molecule has 10 nitrogen and oxygen atoms in total. The van der Waals surface area contributed by atoms with Gasteiger partial charge in [0.25, 0.3) is 0 Å². The number of aliphatic carboxylic acids is 1. The Kier molecular flexibility index (Phi) is 6.32. The minimum atomic E-state index is -0.992. The first-order valence-corrected chi connectivity index (χ1v) is 10.6. The SMILES string of the molecule is NC1NN2CC(F)CNC2C1C(=O)NC1CNCCC1N1CCC(C(=O)O)CC1. The van der Waals surface area contributed by atoms with Crippen LogP contribution >= 0.6 is 0 Å². The fourth-order valence-electron chi connectivity index (χ4n) is 5.16. The van der Waals surface area contributed by atoms with Crippen molar-refractivity contribution in [2.75, 3.05) is 39.3 Å². The first kappa shape index (κ1) is 20.9. The average molecular weight is 413 g/mol. The number of carbonyl (C=O) groups is 2. The Hall–Kier alpha value is -1.37. The molecule has 4 saturated heterocycles. The van der Waals surface area contributed by atoms with Crippen molar-refractivity contribution in [3.05, 3.63) is 0 Å². The molecule has 0 spiro atoms. The lowest BCUT2D eigenvalue weighted by Gasteiger charge is -2.43. The topological polar surface area (TPSA) is 135 Å². The second-order valence-corrected chi connectivity index (χ2v) is 8.61. The summed E-state index contributed by atoms with van der Waals surface area (Å²) in [4.78, 5) is 26.7. The van der Waals surface area contributed by atoms with Crippen LogP contribution in [0.3, 0.4) is 0 Å². The molecule has 4 aliphatic heterocycles. The zero-order valence-corrected chi connectivity index (χ0v) is 16.5. The van der Waals surface area contributed by atoms with Gasteiger partial charge < -0.3 is 21.5 Å². The van der Waals surface area contributed by atoms with E-state index in [2.05, 4.69) is 26.3 Å². The van der Waals surface area contributed by atoms with E-state index in [1.54, 1.807) is 5.01 Å². The predicted molar refractivity (Wildman–Crippen MR) is 103 cm³/mol. The van der Waals surface area contributed by atoms with Crippen LogP contribution in [0.2, 0.25) is 0 Å². The lowest BCUT2D eigenvalue weighted by molar-refractivity contribution is -0.143.